The maximum atomic E-state index is 12.2. The van der Waals surface area contributed by atoms with Gasteiger partial charge in [-0.1, -0.05) is 11.6 Å². The SMILES string of the molecule is O=C(NCC(=O)N1CCN(CCOc2ccc(Cl)cc2)CC1)c1ccoc1. The van der Waals surface area contributed by atoms with E-state index in [0.717, 1.165) is 25.4 Å². The minimum absolute atomic E-state index is 0.0102. The Labute approximate surface area is 162 Å². The largest absolute Gasteiger partial charge is 0.492 e. The summed E-state index contributed by atoms with van der Waals surface area (Å²) in [6.07, 6.45) is 2.78. The lowest BCUT2D eigenvalue weighted by molar-refractivity contribution is -0.131. The molecule has 0 bridgehead atoms. The van der Waals surface area contributed by atoms with Gasteiger partial charge in [-0.15, -0.1) is 0 Å². The van der Waals surface area contributed by atoms with Gasteiger partial charge in [0.1, 0.15) is 18.6 Å². The molecule has 0 unspecified atom stereocenters. The molecule has 2 amide bonds. The van der Waals surface area contributed by atoms with Gasteiger partial charge < -0.3 is 19.4 Å². The molecule has 0 radical (unpaired) electrons. The minimum Gasteiger partial charge on any atom is -0.492 e. The fraction of sp³-hybridized carbons (Fsp3) is 0.368. The molecular weight excluding hydrogens is 370 g/mol. The van der Waals surface area contributed by atoms with E-state index in [1.54, 1.807) is 23.1 Å². The van der Waals surface area contributed by atoms with Crippen molar-refractivity contribution in [1.82, 2.24) is 15.1 Å². The highest BCUT2D eigenvalue weighted by molar-refractivity contribution is 6.30. The molecule has 1 aliphatic rings. The van der Waals surface area contributed by atoms with Gasteiger partial charge in [0.25, 0.3) is 5.91 Å². The molecule has 1 N–H and O–H groups in total. The Bertz CT molecular complexity index is 741. The molecule has 1 aliphatic heterocycles. The van der Waals surface area contributed by atoms with Gasteiger partial charge in [0.15, 0.2) is 0 Å². The first-order valence-corrected chi connectivity index (χ1v) is 9.18. The van der Waals surface area contributed by atoms with Crippen molar-refractivity contribution in [3.63, 3.8) is 0 Å². The molecule has 1 aromatic carbocycles. The van der Waals surface area contributed by atoms with Gasteiger partial charge in [-0.25, -0.2) is 0 Å². The van der Waals surface area contributed by atoms with E-state index in [4.69, 9.17) is 20.8 Å². The highest BCUT2D eigenvalue weighted by atomic mass is 35.5. The Balaban J connectivity index is 1.32. The maximum Gasteiger partial charge on any atom is 0.254 e. The summed E-state index contributed by atoms with van der Waals surface area (Å²) in [7, 11) is 0. The molecular formula is C19H22ClN3O4. The van der Waals surface area contributed by atoms with E-state index in [-0.39, 0.29) is 18.4 Å². The normalized spacial score (nSPS) is 14.8. The number of carbonyl (C=O) groups excluding carboxylic acids is 2. The lowest BCUT2D eigenvalue weighted by Crippen LogP contribution is -2.51. The Kier molecular flexibility index (Phi) is 6.73. The lowest BCUT2D eigenvalue weighted by atomic mass is 10.3. The number of rotatable bonds is 7. The summed E-state index contributed by atoms with van der Waals surface area (Å²) in [5.74, 6) is 0.403. The van der Waals surface area contributed by atoms with E-state index in [2.05, 4.69) is 10.2 Å². The fourth-order valence-corrected chi connectivity index (χ4v) is 2.93. The molecule has 0 saturated carbocycles. The van der Waals surface area contributed by atoms with Crippen molar-refractivity contribution >= 4 is 23.4 Å². The van der Waals surface area contributed by atoms with Gasteiger partial charge >= 0.3 is 0 Å². The number of hydrogen-bond donors (Lipinski definition) is 1. The number of piperazine rings is 1. The molecule has 0 atom stereocenters. The Morgan fingerprint density at radius 3 is 2.52 bits per heavy atom. The van der Waals surface area contributed by atoms with E-state index >= 15 is 0 Å². The average Bonchev–Trinajstić information content (AvgIpc) is 3.23. The molecule has 2 heterocycles. The van der Waals surface area contributed by atoms with Gasteiger partial charge in [-0.2, -0.15) is 0 Å². The van der Waals surface area contributed by atoms with Crippen LogP contribution in [-0.4, -0.2) is 67.5 Å². The van der Waals surface area contributed by atoms with Crippen LogP contribution in [0.3, 0.4) is 0 Å². The molecule has 1 aromatic heterocycles. The number of ether oxygens (including phenoxy) is 1. The third-order valence-electron chi connectivity index (χ3n) is 4.40. The number of furan rings is 1. The van der Waals surface area contributed by atoms with Crippen LogP contribution in [0.4, 0.5) is 0 Å². The minimum atomic E-state index is -0.310. The van der Waals surface area contributed by atoms with Crippen LogP contribution >= 0.6 is 11.6 Å². The van der Waals surface area contributed by atoms with Crippen molar-refractivity contribution in [2.75, 3.05) is 45.9 Å². The van der Waals surface area contributed by atoms with Gasteiger partial charge in [0.05, 0.1) is 18.4 Å². The molecule has 8 heteroatoms. The molecule has 7 nitrogen and oxygen atoms in total. The van der Waals surface area contributed by atoms with Crippen molar-refractivity contribution < 1.29 is 18.7 Å². The molecule has 0 spiro atoms. The molecule has 3 rings (SSSR count). The predicted molar refractivity (Wildman–Crippen MR) is 101 cm³/mol. The van der Waals surface area contributed by atoms with Crippen LogP contribution in [-0.2, 0) is 4.79 Å². The summed E-state index contributed by atoms with van der Waals surface area (Å²) in [6, 6.07) is 8.84. The van der Waals surface area contributed by atoms with Crippen LogP contribution in [0.1, 0.15) is 10.4 Å². The zero-order valence-corrected chi connectivity index (χ0v) is 15.7. The quantitative estimate of drug-likeness (QED) is 0.780. The monoisotopic (exact) mass is 391 g/mol. The Morgan fingerprint density at radius 2 is 1.85 bits per heavy atom. The molecule has 1 saturated heterocycles. The highest BCUT2D eigenvalue weighted by Gasteiger charge is 2.21. The number of halogens is 1. The van der Waals surface area contributed by atoms with Crippen molar-refractivity contribution in [3.8, 4) is 5.75 Å². The number of carbonyl (C=O) groups is 2. The molecule has 144 valence electrons. The molecule has 2 aromatic rings. The summed E-state index contributed by atoms with van der Waals surface area (Å²) in [6.45, 7) is 4.21. The number of amides is 2. The highest BCUT2D eigenvalue weighted by Crippen LogP contribution is 2.15. The molecule has 0 aliphatic carbocycles. The third-order valence-corrected chi connectivity index (χ3v) is 4.65. The van der Waals surface area contributed by atoms with Crippen molar-refractivity contribution in [1.29, 1.82) is 0 Å². The lowest BCUT2D eigenvalue weighted by Gasteiger charge is -2.34. The first-order valence-electron chi connectivity index (χ1n) is 8.81. The van der Waals surface area contributed by atoms with E-state index in [0.29, 0.717) is 30.3 Å². The van der Waals surface area contributed by atoms with E-state index in [1.165, 1.54) is 12.5 Å². The first kappa shape index (κ1) is 19.3. The molecule has 27 heavy (non-hydrogen) atoms. The topological polar surface area (TPSA) is 75.0 Å². The number of nitrogens with zero attached hydrogens (tertiary/aromatic N) is 2. The summed E-state index contributed by atoms with van der Waals surface area (Å²) in [4.78, 5) is 28.1. The smallest absolute Gasteiger partial charge is 0.254 e. The Morgan fingerprint density at radius 1 is 1.11 bits per heavy atom. The predicted octanol–water partition coefficient (Wildman–Crippen LogP) is 1.89. The first-order chi connectivity index (χ1) is 13.1. The number of benzene rings is 1. The zero-order chi connectivity index (χ0) is 19.1. The van der Waals surface area contributed by atoms with Crippen LogP contribution < -0.4 is 10.1 Å². The summed E-state index contributed by atoms with van der Waals surface area (Å²) < 4.78 is 10.6. The van der Waals surface area contributed by atoms with Crippen molar-refractivity contribution in [2.45, 2.75) is 0 Å². The average molecular weight is 392 g/mol. The van der Waals surface area contributed by atoms with E-state index in [1.807, 2.05) is 12.1 Å². The van der Waals surface area contributed by atoms with Crippen molar-refractivity contribution in [3.05, 3.63) is 53.4 Å². The van der Waals surface area contributed by atoms with Gasteiger partial charge in [-0.05, 0) is 30.3 Å². The van der Waals surface area contributed by atoms with Gasteiger partial charge in [0, 0.05) is 37.7 Å². The van der Waals surface area contributed by atoms with Crippen LogP contribution in [0.5, 0.6) is 5.75 Å². The number of hydrogen-bond acceptors (Lipinski definition) is 5. The van der Waals surface area contributed by atoms with E-state index in [9.17, 15) is 9.59 Å². The Hall–Kier alpha value is -2.51. The van der Waals surface area contributed by atoms with Crippen LogP contribution in [0.2, 0.25) is 5.02 Å². The van der Waals surface area contributed by atoms with Gasteiger partial charge in [-0.3, -0.25) is 14.5 Å². The second kappa shape index (κ2) is 9.43. The summed E-state index contributed by atoms with van der Waals surface area (Å²) >= 11 is 5.85. The van der Waals surface area contributed by atoms with Crippen LogP contribution in [0.25, 0.3) is 0 Å². The van der Waals surface area contributed by atoms with Gasteiger partial charge in [0.2, 0.25) is 5.91 Å². The number of nitrogens with one attached hydrogen (secondary N) is 1. The standard InChI is InChI=1S/C19H22ClN3O4/c20-16-1-3-17(4-2-16)27-12-10-22-6-8-23(9-7-22)18(24)13-21-19(25)15-5-11-26-14-15/h1-5,11,14H,6-10,12-13H2,(H,21,25). The van der Waals surface area contributed by atoms with E-state index < -0.39 is 0 Å². The summed E-state index contributed by atoms with van der Waals surface area (Å²) in [5.41, 5.74) is 0.410. The third kappa shape index (κ3) is 5.74. The van der Waals surface area contributed by atoms with Crippen molar-refractivity contribution in [2.24, 2.45) is 0 Å². The second-order valence-electron chi connectivity index (χ2n) is 6.22. The fourth-order valence-electron chi connectivity index (χ4n) is 2.81. The zero-order valence-electron chi connectivity index (χ0n) is 14.9. The maximum absolute atomic E-state index is 12.2. The summed E-state index contributed by atoms with van der Waals surface area (Å²) in [5, 5.41) is 3.30. The van der Waals surface area contributed by atoms with Crippen LogP contribution in [0.15, 0.2) is 47.3 Å². The van der Waals surface area contributed by atoms with Crippen LogP contribution in [0, 0.1) is 0 Å². The molecule has 1 fully saturated rings. The second-order valence-corrected chi connectivity index (χ2v) is 6.66.